The van der Waals surface area contributed by atoms with Gasteiger partial charge in [0.1, 0.15) is 0 Å². The second kappa shape index (κ2) is 5.29. The van der Waals surface area contributed by atoms with Crippen molar-refractivity contribution in [3.8, 4) is 0 Å². The van der Waals surface area contributed by atoms with Crippen LogP contribution < -0.4 is 5.32 Å². The number of rotatable bonds is 4. The van der Waals surface area contributed by atoms with E-state index in [9.17, 15) is 9.59 Å². The quantitative estimate of drug-likeness (QED) is 0.600. The van der Waals surface area contributed by atoms with Crippen LogP contribution in [-0.2, 0) is 4.79 Å². The highest BCUT2D eigenvalue weighted by Crippen LogP contribution is 2.00. The van der Waals surface area contributed by atoms with Gasteiger partial charge in [0, 0.05) is 12.1 Å². The summed E-state index contributed by atoms with van der Waals surface area (Å²) in [5.74, 6) is -0.663. The van der Waals surface area contributed by atoms with Crippen molar-refractivity contribution in [1.29, 1.82) is 0 Å². The average Bonchev–Trinajstić information content (AvgIpc) is 2.26. The molecule has 0 bridgehead atoms. The number of hydrogen-bond donors (Lipinski definition) is 1. The zero-order valence-electron chi connectivity index (χ0n) is 8.99. The maximum Gasteiger partial charge on any atom is 0.292 e. The molecule has 80 valence electrons. The van der Waals surface area contributed by atoms with Gasteiger partial charge in [-0.25, -0.2) is 0 Å². The number of carbonyl (C=O) groups excluding carboxylic acids is 2. The van der Waals surface area contributed by atoms with E-state index in [4.69, 9.17) is 0 Å². The number of ketones is 1. The summed E-state index contributed by atoms with van der Waals surface area (Å²) in [5.41, 5.74) is 0.429. The van der Waals surface area contributed by atoms with Crippen molar-refractivity contribution in [2.24, 2.45) is 5.92 Å². The number of nitrogens with one attached hydrogen (secondary N) is 1. The molecule has 0 spiro atoms. The van der Waals surface area contributed by atoms with E-state index in [2.05, 4.69) is 5.32 Å². The number of carbonyl (C=O) groups is 2. The van der Waals surface area contributed by atoms with E-state index >= 15 is 0 Å². The molecule has 15 heavy (non-hydrogen) atoms. The molecule has 0 heterocycles. The van der Waals surface area contributed by atoms with Crippen LogP contribution >= 0.6 is 0 Å². The molecule has 0 fully saturated rings. The van der Waals surface area contributed by atoms with Gasteiger partial charge in [-0.1, -0.05) is 44.2 Å². The zero-order chi connectivity index (χ0) is 11.3. The molecule has 1 N–H and O–H groups in total. The van der Waals surface area contributed by atoms with Gasteiger partial charge in [0.25, 0.3) is 5.91 Å². The van der Waals surface area contributed by atoms with Gasteiger partial charge in [-0.3, -0.25) is 9.59 Å². The van der Waals surface area contributed by atoms with Gasteiger partial charge >= 0.3 is 0 Å². The van der Waals surface area contributed by atoms with E-state index in [1.165, 1.54) is 0 Å². The van der Waals surface area contributed by atoms with Crippen molar-refractivity contribution in [3.05, 3.63) is 35.9 Å². The topological polar surface area (TPSA) is 46.2 Å². The van der Waals surface area contributed by atoms with Gasteiger partial charge in [0.05, 0.1) is 0 Å². The molecule has 1 amide bonds. The Morgan fingerprint density at radius 1 is 1.20 bits per heavy atom. The summed E-state index contributed by atoms with van der Waals surface area (Å²) < 4.78 is 0. The Kier molecular flexibility index (Phi) is 4.03. The first-order chi connectivity index (χ1) is 7.11. The summed E-state index contributed by atoms with van der Waals surface area (Å²) >= 11 is 0. The minimum absolute atomic E-state index is 0.345. The van der Waals surface area contributed by atoms with Gasteiger partial charge in [-0.05, 0) is 5.92 Å². The van der Waals surface area contributed by atoms with Crippen LogP contribution in [0.1, 0.15) is 24.2 Å². The molecular weight excluding hydrogens is 190 g/mol. The molecule has 3 heteroatoms. The van der Waals surface area contributed by atoms with Crippen LogP contribution in [0.25, 0.3) is 0 Å². The third-order valence-electron chi connectivity index (χ3n) is 1.91. The van der Waals surface area contributed by atoms with E-state index in [0.717, 1.165) is 0 Å². The first-order valence-electron chi connectivity index (χ1n) is 4.99. The van der Waals surface area contributed by atoms with Crippen LogP contribution in [0.5, 0.6) is 0 Å². The van der Waals surface area contributed by atoms with Gasteiger partial charge in [0.15, 0.2) is 0 Å². The molecule has 0 radical (unpaired) electrons. The minimum atomic E-state index is -0.532. The molecular formula is C12H15NO2. The fraction of sp³-hybridized carbons (Fsp3) is 0.333. The Morgan fingerprint density at radius 2 is 1.80 bits per heavy atom. The lowest BCUT2D eigenvalue weighted by atomic mass is 10.1. The van der Waals surface area contributed by atoms with E-state index in [0.29, 0.717) is 18.0 Å². The molecule has 0 aromatic heterocycles. The fourth-order valence-corrected chi connectivity index (χ4v) is 1.10. The first kappa shape index (κ1) is 11.4. The van der Waals surface area contributed by atoms with Gasteiger partial charge < -0.3 is 5.32 Å². The maximum absolute atomic E-state index is 11.5. The molecule has 0 aliphatic rings. The van der Waals surface area contributed by atoms with Crippen LogP contribution in [0.2, 0.25) is 0 Å². The molecule has 0 saturated heterocycles. The Morgan fingerprint density at radius 3 is 2.33 bits per heavy atom. The van der Waals surface area contributed by atoms with Crippen molar-refractivity contribution >= 4 is 11.7 Å². The van der Waals surface area contributed by atoms with E-state index in [1.54, 1.807) is 24.3 Å². The van der Waals surface area contributed by atoms with Crippen LogP contribution in [0.4, 0.5) is 0 Å². The molecule has 0 aliphatic carbocycles. The van der Waals surface area contributed by atoms with Gasteiger partial charge in [-0.15, -0.1) is 0 Å². The van der Waals surface area contributed by atoms with E-state index in [1.807, 2.05) is 19.9 Å². The highest BCUT2D eigenvalue weighted by molar-refractivity contribution is 6.42. The summed E-state index contributed by atoms with van der Waals surface area (Å²) in [6.45, 7) is 4.48. The molecule has 0 aliphatic heterocycles. The van der Waals surface area contributed by atoms with Crippen molar-refractivity contribution in [2.75, 3.05) is 6.54 Å². The second-order valence-electron chi connectivity index (χ2n) is 3.80. The molecule has 0 saturated carbocycles. The lowest BCUT2D eigenvalue weighted by Gasteiger charge is -2.06. The molecule has 3 nitrogen and oxygen atoms in total. The lowest BCUT2D eigenvalue weighted by Crippen LogP contribution is -2.33. The Labute approximate surface area is 89.5 Å². The van der Waals surface area contributed by atoms with Gasteiger partial charge in [0.2, 0.25) is 5.78 Å². The molecule has 0 unspecified atom stereocenters. The minimum Gasteiger partial charge on any atom is -0.349 e. The monoisotopic (exact) mass is 205 g/mol. The third kappa shape index (κ3) is 3.54. The van der Waals surface area contributed by atoms with Crippen molar-refractivity contribution < 1.29 is 9.59 Å². The summed E-state index contributed by atoms with van der Waals surface area (Å²) in [6.07, 6.45) is 0. The Balaban J connectivity index is 2.58. The highest BCUT2D eigenvalue weighted by atomic mass is 16.2. The molecule has 0 atom stereocenters. The highest BCUT2D eigenvalue weighted by Gasteiger charge is 2.14. The van der Waals surface area contributed by atoms with E-state index < -0.39 is 11.7 Å². The average molecular weight is 205 g/mol. The standard InChI is InChI=1S/C12H15NO2/c1-9(2)8-13-12(15)11(14)10-6-4-3-5-7-10/h3-7,9H,8H2,1-2H3,(H,13,15). The smallest absolute Gasteiger partial charge is 0.292 e. The predicted molar refractivity (Wildman–Crippen MR) is 58.6 cm³/mol. The molecule has 1 rings (SSSR count). The summed E-state index contributed by atoms with van der Waals surface area (Å²) in [6, 6.07) is 8.56. The normalized spacial score (nSPS) is 10.1. The zero-order valence-corrected chi connectivity index (χ0v) is 8.99. The Hall–Kier alpha value is -1.64. The summed E-state index contributed by atoms with van der Waals surface area (Å²) in [7, 11) is 0. The number of benzene rings is 1. The molecule has 1 aromatic rings. The number of Topliss-reactive ketones (excluding diaryl/α,β-unsaturated/α-hetero) is 1. The van der Waals surface area contributed by atoms with E-state index in [-0.39, 0.29) is 0 Å². The maximum atomic E-state index is 11.5. The number of hydrogen-bond acceptors (Lipinski definition) is 2. The van der Waals surface area contributed by atoms with Crippen molar-refractivity contribution in [3.63, 3.8) is 0 Å². The van der Waals surface area contributed by atoms with Crippen LogP contribution in [0, 0.1) is 5.92 Å². The summed E-state index contributed by atoms with van der Waals surface area (Å²) in [5, 5.41) is 2.59. The third-order valence-corrected chi connectivity index (χ3v) is 1.91. The van der Waals surface area contributed by atoms with Crippen molar-refractivity contribution in [2.45, 2.75) is 13.8 Å². The fourth-order valence-electron chi connectivity index (χ4n) is 1.10. The predicted octanol–water partition coefficient (Wildman–Crippen LogP) is 1.64. The van der Waals surface area contributed by atoms with Crippen LogP contribution in [0.15, 0.2) is 30.3 Å². The number of amides is 1. The second-order valence-corrected chi connectivity index (χ2v) is 3.80. The lowest BCUT2D eigenvalue weighted by molar-refractivity contribution is -0.117. The Bertz CT molecular complexity index is 344. The molecule has 1 aromatic carbocycles. The van der Waals surface area contributed by atoms with Gasteiger partial charge in [-0.2, -0.15) is 0 Å². The van der Waals surface area contributed by atoms with Crippen LogP contribution in [0.3, 0.4) is 0 Å². The van der Waals surface area contributed by atoms with Crippen molar-refractivity contribution in [1.82, 2.24) is 5.32 Å². The first-order valence-corrected chi connectivity index (χ1v) is 4.99. The summed E-state index contributed by atoms with van der Waals surface area (Å²) in [4.78, 5) is 22.9. The SMILES string of the molecule is CC(C)CNC(=O)C(=O)c1ccccc1. The van der Waals surface area contributed by atoms with Crippen LogP contribution in [-0.4, -0.2) is 18.2 Å². The largest absolute Gasteiger partial charge is 0.349 e.